The van der Waals surface area contributed by atoms with E-state index in [1.54, 1.807) is 0 Å². The molecule has 0 radical (unpaired) electrons. The van der Waals surface area contributed by atoms with Gasteiger partial charge in [-0.25, -0.2) is 0 Å². The summed E-state index contributed by atoms with van der Waals surface area (Å²) in [5.41, 5.74) is -4.09. The molecular formula is C10H19F3N2S. The number of halogens is 3. The van der Waals surface area contributed by atoms with Gasteiger partial charge in [0.25, 0.3) is 0 Å². The molecule has 16 heavy (non-hydrogen) atoms. The average Bonchev–Trinajstić information content (AvgIpc) is 2.67. The van der Waals surface area contributed by atoms with Gasteiger partial charge in [0.2, 0.25) is 0 Å². The van der Waals surface area contributed by atoms with Crippen molar-refractivity contribution in [3.8, 4) is 0 Å². The van der Waals surface area contributed by atoms with E-state index in [-0.39, 0.29) is 17.5 Å². The van der Waals surface area contributed by atoms with Crippen LogP contribution < -0.4 is 5.32 Å². The summed E-state index contributed by atoms with van der Waals surface area (Å²) in [5.74, 6) is 0.139. The third-order valence-electron chi connectivity index (χ3n) is 2.71. The Labute approximate surface area is 98.9 Å². The molecule has 1 N–H and O–H groups in total. The van der Waals surface area contributed by atoms with Crippen LogP contribution in [0.1, 0.15) is 19.8 Å². The Morgan fingerprint density at radius 2 is 2.12 bits per heavy atom. The molecule has 1 rings (SSSR count). The average molecular weight is 256 g/mol. The van der Waals surface area contributed by atoms with Crippen molar-refractivity contribution >= 4 is 11.8 Å². The summed E-state index contributed by atoms with van der Waals surface area (Å²) in [4.78, 5) is 2.18. The zero-order valence-corrected chi connectivity index (χ0v) is 10.3. The molecule has 1 aliphatic rings. The monoisotopic (exact) mass is 256 g/mol. The maximum atomic E-state index is 12.0. The Kier molecular flexibility index (Phi) is 5.92. The topological polar surface area (TPSA) is 15.3 Å². The molecule has 0 spiro atoms. The second-order valence-corrected chi connectivity index (χ2v) is 5.14. The zero-order chi connectivity index (χ0) is 12.0. The number of nitrogens with zero attached hydrogens (tertiary/aromatic N) is 1. The molecule has 1 heterocycles. The van der Waals surface area contributed by atoms with Gasteiger partial charge in [-0.15, -0.1) is 0 Å². The normalized spacial score (nSPS) is 21.9. The minimum Gasteiger partial charge on any atom is -0.315 e. The molecule has 1 atom stereocenters. The van der Waals surface area contributed by atoms with Crippen LogP contribution in [0.2, 0.25) is 0 Å². The summed E-state index contributed by atoms with van der Waals surface area (Å²) in [5, 5.41) is 3.25. The Morgan fingerprint density at radius 3 is 2.62 bits per heavy atom. The van der Waals surface area contributed by atoms with Gasteiger partial charge in [-0.1, -0.05) is 6.92 Å². The Balaban J connectivity index is 2.27. The number of alkyl halides is 3. The van der Waals surface area contributed by atoms with Crippen LogP contribution in [0.15, 0.2) is 0 Å². The third-order valence-corrected chi connectivity index (χ3v) is 3.42. The highest BCUT2D eigenvalue weighted by atomic mass is 32.2. The molecule has 0 aromatic carbocycles. The minimum absolute atomic E-state index is 0.0845. The first-order valence-corrected chi connectivity index (χ1v) is 6.67. The largest absolute Gasteiger partial charge is 0.441 e. The lowest BCUT2D eigenvalue weighted by Gasteiger charge is -2.27. The van der Waals surface area contributed by atoms with Gasteiger partial charge >= 0.3 is 5.51 Å². The summed E-state index contributed by atoms with van der Waals surface area (Å²) in [6.45, 7) is 5.38. The molecule has 1 unspecified atom stereocenters. The van der Waals surface area contributed by atoms with Crippen LogP contribution in [0.5, 0.6) is 0 Å². The maximum absolute atomic E-state index is 12.0. The van der Waals surface area contributed by atoms with Gasteiger partial charge in [0, 0.05) is 24.9 Å². The lowest BCUT2D eigenvalue weighted by molar-refractivity contribution is -0.0329. The Morgan fingerprint density at radius 1 is 1.38 bits per heavy atom. The molecule has 0 aromatic heterocycles. The summed E-state index contributed by atoms with van der Waals surface area (Å²) in [6.07, 6.45) is 2.05. The summed E-state index contributed by atoms with van der Waals surface area (Å²) in [6, 6.07) is 0.425. The van der Waals surface area contributed by atoms with Crippen molar-refractivity contribution in [1.82, 2.24) is 10.2 Å². The quantitative estimate of drug-likeness (QED) is 0.785. The van der Waals surface area contributed by atoms with E-state index in [0.29, 0.717) is 12.6 Å². The van der Waals surface area contributed by atoms with Crippen LogP contribution in [0, 0.1) is 0 Å². The number of nitrogens with one attached hydrogen (secondary N) is 1. The van der Waals surface area contributed by atoms with Crippen LogP contribution in [-0.4, -0.2) is 48.4 Å². The number of hydrogen-bond acceptors (Lipinski definition) is 3. The van der Waals surface area contributed by atoms with Gasteiger partial charge in [0.15, 0.2) is 0 Å². The van der Waals surface area contributed by atoms with Gasteiger partial charge in [0.1, 0.15) is 0 Å². The second-order valence-electron chi connectivity index (χ2n) is 3.98. The molecule has 0 aliphatic carbocycles. The van der Waals surface area contributed by atoms with E-state index >= 15 is 0 Å². The fourth-order valence-electron chi connectivity index (χ4n) is 1.99. The minimum atomic E-state index is -4.09. The van der Waals surface area contributed by atoms with Crippen LogP contribution in [0.3, 0.4) is 0 Å². The first-order valence-electron chi connectivity index (χ1n) is 5.68. The van der Waals surface area contributed by atoms with Crippen LogP contribution in [0.4, 0.5) is 13.2 Å². The number of hydrogen-bond donors (Lipinski definition) is 1. The van der Waals surface area contributed by atoms with E-state index in [4.69, 9.17) is 0 Å². The van der Waals surface area contributed by atoms with Crippen LogP contribution in [0.25, 0.3) is 0 Å². The molecule has 96 valence electrons. The van der Waals surface area contributed by atoms with Crippen molar-refractivity contribution in [2.24, 2.45) is 0 Å². The van der Waals surface area contributed by atoms with Gasteiger partial charge in [-0.05, 0) is 37.7 Å². The second kappa shape index (κ2) is 6.71. The molecule has 0 bridgehead atoms. The highest BCUT2D eigenvalue weighted by molar-refractivity contribution is 8.00. The van der Waals surface area contributed by atoms with Crippen LogP contribution in [-0.2, 0) is 0 Å². The first-order chi connectivity index (χ1) is 7.53. The predicted molar refractivity (Wildman–Crippen MR) is 61.7 cm³/mol. The predicted octanol–water partition coefficient (Wildman–Crippen LogP) is 2.31. The molecule has 1 aliphatic heterocycles. The SMILES string of the molecule is CCCN(CCSC(F)(F)F)C1CCNC1. The van der Waals surface area contributed by atoms with Crippen LogP contribution >= 0.6 is 11.8 Å². The van der Waals surface area contributed by atoms with Crippen molar-refractivity contribution in [2.45, 2.75) is 31.3 Å². The molecule has 0 amide bonds. The molecule has 1 fully saturated rings. The van der Waals surface area contributed by atoms with Crippen molar-refractivity contribution in [2.75, 3.05) is 31.9 Å². The molecule has 0 saturated carbocycles. The molecule has 6 heteroatoms. The molecule has 1 saturated heterocycles. The van der Waals surface area contributed by atoms with Crippen molar-refractivity contribution in [1.29, 1.82) is 0 Å². The standard InChI is InChI=1S/C10H19F3N2S/c1-2-5-15(9-3-4-14-8-9)6-7-16-10(11,12)13/h9,14H,2-8H2,1H3. The molecule has 2 nitrogen and oxygen atoms in total. The molecular weight excluding hydrogens is 237 g/mol. The summed E-state index contributed by atoms with van der Waals surface area (Å²) >= 11 is 0.0845. The maximum Gasteiger partial charge on any atom is 0.441 e. The van der Waals surface area contributed by atoms with Crippen molar-refractivity contribution in [3.63, 3.8) is 0 Å². The summed E-state index contributed by atoms with van der Waals surface area (Å²) < 4.78 is 36.0. The fraction of sp³-hybridized carbons (Fsp3) is 1.00. The first kappa shape index (κ1) is 14.1. The molecule has 0 aromatic rings. The summed E-state index contributed by atoms with van der Waals surface area (Å²) in [7, 11) is 0. The van der Waals surface area contributed by atoms with Gasteiger partial charge in [-0.3, -0.25) is 4.90 Å². The number of thioether (sulfide) groups is 1. The van der Waals surface area contributed by atoms with E-state index in [9.17, 15) is 13.2 Å². The highest BCUT2D eigenvalue weighted by Gasteiger charge is 2.29. The Hall–Kier alpha value is 0.0600. The fourth-order valence-corrected chi connectivity index (χ4v) is 2.55. The highest BCUT2D eigenvalue weighted by Crippen LogP contribution is 2.30. The third kappa shape index (κ3) is 5.41. The lowest BCUT2D eigenvalue weighted by Crippen LogP contribution is -2.39. The Bertz CT molecular complexity index is 193. The van der Waals surface area contributed by atoms with E-state index in [1.807, 2.05) is 0 Å². The zero-order valence-electron chi connectivity index (χ0n) is 9.52. The van der Waals surface area contributed by atoms with E-state index in [2.05, 4.69) is 17.1 Å². The van der Waals surface area contributed by atoms with E-state index < -0.39 is 5.51 Å². The van der Waals surface area contributed by atoms with E-state index in [1.165, 1.54) is 0 Å². The van der Waals surface area contributed by atoms with E-state index in [0.717, 1.165) is 32.5 Å². The van der Waals surface area contributed by atoms with Gasteiger partial charge in [-0.2, -0.15) is 13.2 Å². The van der Waals surface area contributed by atoms with Gasteiger partial charge < -0.3 is 5.32 Å². The smallest absolute Gasteiger partial charge is 0.315 e. The number of rotatable bonds is 6. The van der Waals surface area contributed by atoms with Crippen molar-refractivity contribution in [3.05, 3.63) is 0 Å². The van der Waals surface area contributed by atoms with Crippen molar-refractivity contribution < 1.29 is 13.2 Å². The lowest BCUT2D eigenvalue weighted by atomic mass is 10.2. The van der Waals surface area contributed by atoms with Gasteiger partial charge in [0.05, 0.1) is 0 Å².